The molecule has 1 heterocycles. The lowest BCUT2D eigenvalue weighted by molar-refractivity contribution is -0.229. The number of fused-ring (bicyclic) bond motifs is 5. The van der Waals surface area contributed by atoms with E-state index in [1.54, 1.807) is 0 Å². The highest BCUT2D eigenvalue weighted by molar-refractivity contribution is 5.68. The zero-order valence-corrected chi connectivity index (χ0v) is 21.0. The van der Waals surface area contributed by atoms with Crippen molar-refractivity contribution < 1.29 is 19.0 Å². The fourth-order valence-corrected chi connectivity index (χ4v) is 9.80. The minimum atomic E-state index is -0.238. The fraction of sp³-hybridized carbons (Fsp3) is 0.964. The summed E-state index contributed by atoms with van der Waals surface area (Å²) < 4.78 is 17.1. The van der Waals surface area contributed by atoms with Gasteiger partial charge < -0.3 is 14.2 Å². The number of methoxy groups -OCH3 is 1. The van der Waals surface area contributed by atoms with Gasteiger partial charge in [-0.25, -0.2) is 0 Å². The van der Waals surface area contributed by atoms with Crippen molar-refractivity contribution in [3.05, 3.63) is 0 Å². The molecule has 0 radical (unpaired) electrons. The Kier molecular flexibility index (Phi) is 6.19. The van der Waals surface area contributed by atoms with Crippen LogP contribution >= 0.6 is 0 Å². The van der Waals surface area contributed by atoms with E-state index in [1.165, 1.54) is 52.1 Å². The third kappa shape index (κ3) is 3.67. The Morgan fingerprint density at radius 3 is 2.47 bits per heavy atom. The van der Waals surface area contributed by atoms with Crippen molar-refractivity contribution in [3.63, 3.8) is 0 Å². The lowest BCUT2D eigenvalue weighted by atomic mass is 9.44. The predicted molar refractivity (Wildman–Crippen MR) is 125 cm³/mol. The van der Waals surface area contributed by atoms with Crippen LogP contribution in [0.4, 0.5) is 0 Å². The van der Waals surface area contributed by atoms with E-state index < -0.39 is 0 Å². The predicted octanol–water partition coefficient (Wildman–Crippen LogP) is 6.37. The molecule has 5 rings (SSSR count). The zero-order valence-electron chi connectivity index (χ0n) is 21.0. The molecule has 0 bridgehead atoms. The summed E-state index contributed by atoms with van der Waals surface area (Å²) in [4.78, 5) is 11.6. The van der Waals surface area contributed by atoms with Crippen LogP contribution in [0, 0.1) is 46.3 Å². The Morgan fingerprint density at radius 2 is 1.72 bits per heavy atom. The SMILES string of the molecule is COC(=O)CCCC(C)[C@H]1CCC2C3CC[C@H]4CC5(CC[C@]4(C)C3CC[C@@]21C)OCCO5. The Hall–Kier alpha value is -0.610. The van der Waals surface area contributed by atoms with Crippen LogP contribution in [0.2, 0.25) is 0 Å². The highest BCUT2D eigenvalue weighted by atomic mass is 16.7. The first kappa shape index (κ1) is 23.1. The molecule has 8 atom stereocenters. The molecule has 0 N–H and O–H groups in total. The van der Waals surface area contributed by atoms with Gasteiger partial charge in [-0.05, 0) is 104 Å². The standard InChI is InChI=1S/C28H46O4/c1-19(6-5-7-25(29)30-4)22-10-11-23-21-9-8-20-18-28(31-16-17-32-28)15-14-26(20,2)24(21)12-13-27(22,23)3/h19-24H,5-18H2,1-4H3/t19?,20-,21?,22+,23?,24?,26-,27+/m0/s1. The molecule has 0 aromatic heterocycles. The molecule has 4 aliphatic carbocycles. The summed E-state index contributed by atoms with van der Waals surface area (Å²) >= 11 is 0. The van der Waals surface area contributed by atoms with Gasteiger partial charge in [0.25, 0.3) is 0 Å². The number of esters is 1. The Labute approximate surface area is 195 Å². The zero-order chi connectivity index (χ0) is 22.6. The monoisotopic (exact) mass is 446 g/mol. The second-order valence-corrected chi connectivity index (χ2v) is 12.6. The minimum absolute atomic E-state index is 0.0547. The molecule has 5 aliphatic rings. The molecule has 4 unspecified atom stereocenters. The van der Waals surface area contributed by atoms with Crippen LogP contribution < -0.4 is 0 Å². The summed E-state index contributed by atoms with van der Waals surface area (Å²) in [6.07, 6.45) is 14.7. The number of carbonyl (C=O) groups is 1. The molecule has 4 saturated carbocycles. The smallest absolute Gasteiger partial charge is 0.305 e. The van der Waals surface area contributed by atoms with E-state index in [0.29, 0.717) is 23.2 Å². The Bertz CT molecular complexity index is 700. The molecule has 1 aliphatic heterocycles. The number of rotatable bonds is 5. The summed E-state index contributed by atoms with van der Waals surface area (Å²) in [5.74, 6) is 4.74. The molecule has 0 aromatic rings. The number of hydrogen-bond donors (Lipinski definition) is 0. The molecule has 4 heteroatoms. The second kappa shape index (κ2) is 8.56. The quantitative estimate of drug-likeness (QED) is 0.460. The minimum Gasteiger partial charge on any atom is -0.469 e. The normalized spacial score (nSPS) is 45.7. The summed E-state index contributed by atoms with van der Waals surface area (Å²) in [6, 6.07) is 0. The van der Waals surface area contributed by atoms with E-state index in [0.717, 1.165) is 68.5 Å². The van der Waals surface area contributed by atoms with Gasteiger partial charge in [0.2, 0.25) is 0 Å². The molecular weight excluding hydrogens is 400 g/mol. The molecule has 0 aromatic carbocycles. The lowest BCUT2D eigenvalue weighted by Crippen LogP contribution is -2.56. The van der Waals surface area contributed by atoms with Gasteiger partial charge in [0.1, 0.15) is 0 Å². The van der Waals surface area contributed by atoms with Crippen molar-refractivity contribution in [1.82, 2.24) is 0 Å². The van der Waals surface area contributed by atoms with Gasteiger partial charge >= 0.3 is 5.97 Å². The van der Waals surface area contributed by atoms with Crippen molar-refractivity contribution >= 4 is 5.97 Å². The second-order valence-electron chi connectivity index (χ2n) is 12.6. The maximum atomic E-state index is 11.6. The Morgan fingerprint density at radius 1 is 0.969 bits per heavy atom. The average Bonchev–Trinajstić information content (AvgIpc) is 3.38. The fourth-order valence-electron chi connectivity index (χ4n) is 9.80. The van der Waals surface area contributed by atoms with Crippen LogP contribution in [0.25, 0.3) is 0 Å². The molecule has 1 saturated heterocycles. The highest BCUT2D eigenvalue weighted by Gasteiger charge is 2.62. The summed E-state index contributed by atoms with van der Waals surface area (Å²) in [6.45, 7) is 9.32. The molecular formula is C28H46O4. The van der Waals surface area contributed by atoms with E-state index in [9.17, 15) is 4.79 Å². The third-order valence-electron chi connectivity index (χ3n) is 11.5. The van der Waals surface area contributed by atoms with Gasteiger partial charge in [0.15, 0.2) is 5.79 Å². The van der Waals surface area contributed by atoms with Crippen LogP contribution in [0.1, 0.15) is 97.8 Å². The number of ether oxygens (including phenoxy) is 3. The van der Waals surface area contributed by atoms with E-state index in [4.69, 9.17) is 14.2 Å². The Balaban J connectivity index is 1.26. The van der Waals surface area contributed by atoms with Crippen molar-refractivity contribution in [2.45, 2.75) is 104 Å². The van der Waals surface area contributed by atoms with Gasteiger partial charge in [-0.3, -0.25) is 4.79 Å². The maximum absolute atomic E-state index is 11.6. The molecule has 5 fully saturated rings. The van der Waals surface area contributed by atoms with E-state index in [1.807, 2.05) is 0 Å². The van der Waals surface area contributed by atoms with Crippen LogP contribution in [-0.2, 0) is 19.0 Å². The van der Waals surface area contributed by atoms with Crippen molar-refractivity contribution in [1.29, 1.82) is 0 Å². The van der Waals surface area contributed by atoms with Crippen molar-refractivity contribution in [3.8, 4) is 0 Å². The molecule has 0 amide bonds. The van der Waals surface area contributed by atoms with Crippen molar-refractivity contribution in [2.24, 2.45) is 46.3 Å². The van der Waals surface area contributed by atoms with E-state index in [2.05, 4.69) is 20.8 Å². The van der Waals surface area contributed by atoms with Crippen LogP contribution in [-0.4, -0.2) is 32.1 Å². The van der Waals surface area contributed by atoms with Crippen LogP contribution in [0.3, 0.4) is 0 Å². The maximum Gasteiger partial charge on any atom is 0.305 e. The van der Waals surface area contributed by atoms with Crippen molar-refractivity contribution in [2.75, 3.05) is 20.3 Å². The topological polar surface area (TPSA) is 44.8 Å². The van der Waals surface area contributed by atoms with Gasteiger partial charge in [-0.2, -0.15) is 0 Å². The summed E-state index contributed by atoms with van der Waals surface area (Å²) in [5, 5.41) is 0. The first-order chi connectivity index (χ1) is 15.3. The average molecular weight is 447 g/mol. The first-order valence-electron chi connectivity index (χ1n) is 13.7. The van der Waals surface area contributed by atoms with Gasteiger partial charge in [-0.15, -0.1) is 0 Å². The van der Waals surface area contributed by atoms with Crippen LogP contribution in [0.5, 0.6) is 0 Å². The van der Waals surface area contributed by atoms with Crippen LogP contribution in [0.15, 0.2) is 0 Å². The molecule has 182 valence electrons. The van der Waals surface area contributed by atoms with Gasteiger partial charge in [-0.1, -0.05) is 20.8 Å². The highest BCUT2D eigenvalue weighted by Crippen LogP contribution is 2.69. The molecule has 32 heavy (non-hydrogen) atoms. The largest absolute Gasteiger partial charge is 0.469 e. The lowest BCUT2D eigenvalue weighted by Gasteiger charge is -2.62. The van der Waals surface area contributed by atoms with Gasteiger partial charge in [0.05, 0.1) is 20.3 Å². The van der Waals surface area contributed by atoms with E-state index in [-0.39, 0.29) is 11.8 Å². The summed E-state index contributed by atoms with van der Waals surface area (Å²) in [7, 11) is 1.50. The third-order valence-corrected chi connectivity index (χ3v) is 11.5. The number of hydrogen-bond acceptors (Lipinski definition) is 4. The number of carbonyl (C=O) groups excluding carboxylic acids is 1. The molecule has 4 nitrogen and oxygen atoms in total. The molecule has 1 spiro atoms. The van der Waals surface area contributed by atoms with Gasteiger partial charge in [0, 0.05) is 19.3 Å². The summed E-state index contributed by atoms with van der Waals surface area (Å²) in [5.41, 5.74) is 0.984. The first-order valence-corrected chi connectivity index (χ1v) is 13.7. The van der Waals surface area contributed by atoms with E-state index >= 15 is 0 Å².